The van der Waals surface area contributed by atoms with Crippen molar-refractivity contribution in [1.82, 2.24) is 19.8 Å². The lowest BCUT2D eigenvalue weighted by molar-refractivity contribution is 0.966. The normalized spacial score (nSPS) is 11.0. The minimum atomic E-state index is 0.971. The van der Waals surface area contributed by atoms with E-state index in [2.05, 4.69) is 28.4 Å². The van der Waals surface area contributed by atoms with Crippen LogP contribution in [0.2, 0.25) is 0 Å². The fraction of sp³-hybridized carbons (Fsp3) is 0. The van der Waals surface area contributed by atoms with Crippen LogP contribution in [0.15, 0.2) is 67.1 Å². The average molecular weight is 260 g/mol. The van der Waals surface area contributed by atoms with Crippen LogP contribution in [-0.2, 0) is 0 Å². The summed E-state index contributed by atoms with van der Waals surface area (Å²) < 4.78 is 1.91. The van der Waals surface area contributed by atoms with Gasteiger partial charge in [-0.1, -0.05) is 36.4 Å². The number of hydrogen-bond donors (Lipinski definition) is 1. The largest absolute Gasteiger partial charge is 0.285 e. The molecular weight excluding hydrogens is 248 g/mol. The Hall–Kier alpha value is -2.88. The number of H-pyrrole nitrogens is 1. The number of nitrogens with zero attached hydrogens (tertiary/aromatic N) is 3. The van der Waals surface area contributed by atoms with Crippen LogP contribution in [0.3, 0.4) is 0 Å². The highest BCUT2D eigenvalue weighted by molar-refractivity contribution is 5.91. The summed E-state index contributed by atoms with van der Waals surface area (Å²) in [5, 5.41) is 11.6. The summed E-state index contributed by atoms with van der Waals surface area (Å²) in [5.74, 6) is 0. The average Bonchev–Trinajstić information content (AvgIpc) is 3.14. The second-order valence-corrected chi connectivity index (χ2v) is 4.61. The van der Waals surface area contributed by atoms with Crippen LogP contribution in [0, 0.1) is 0 Å². The number of hydrogen-bond acceptors (Lipinski definition) is 2. The van der Waals surface area contributed by atoms with E-state index in [-0.39, 0.29) is 0 Å². The molecule has 0 bridgehead atoms. The van der Waals surface area contributed by atoms with Crippen LogP contribution in [0.4, 0.5) is 0 Å². The van der Waals surface area contributed by atoms with E-state index in [9.17, 15) is 0 Å². The van der Waals surface area contributed by atoms with Crippen LogP contribution in [0.25, 0.3) is 27.9 Å². The van der Waals surface area contributed by atoms with Gasteiger partial charge in [0.25, 0.3) is 0 Å². The number of fused-ring (bicyclic) bond motifs is 1. The van der Waals surface area contributed by atoms with E-state index in [1.165, 1.54) is 0 Å². The molecule has 4 heteroatoms. The van der Waals surface area contributed by atoms with Gasteiger partial charge in [0.2, 0.25) is 0 Å². The molecule has 4 nitrogen and oxygen atoms in total. The van der Waals surface area contributed by atoms with E-state index in [0.29, 0.717) is 0 Å². The first-order chi connectivity index (χ1) is 9.93. The van der Waals surface area contributed by atoms with E-state index < -0.39 is 0 Å². The molecule has 0 aliphatic carbocycles. The summed E-state index contributed by atoms with van der Waals surface area (Å²) in [5.41, 5.74) is 5.30. The number of benzene rings is 1. The first-order valence-corrected chi connectivity index (χ1v) is 6.45. The molecule has 1 aromatic carbocycles. The SMILES string of the molecule is c1ccc(-c2nn3ccccc3c2-c2cn[nH]c2)cc1. The molecule has 0 radical (unpaired) electrons. The summed E-state index contributed by atoms with van der Waals surface area (Å²) in [7, 11) is 0. The Morgan fingerprint density at radius 1 is 0.900 bits per heavy atom. The van der Waals surface area contributed by atoms with Crippen LogP contribution in [0.1, 0.15) is 0 Å². The number of aromatic amines is 1. The summed E-state index contributed by atoms with van der Waals surface area (Å²) in [6.07, 6.45) is 5.69. The smallest absolute Gasteiger partial charge is 0.101 e. The Labute approximate surface area is 115 Å². The van der Waals surface area contributed by atoms with Gasteiger partial charge in [-0.05, 0) is 12.1 Å². The molecule has 0 aliphatic rings. The molecule has 3 heterocycles. The van der Waals surface area contributed by atoms with Crippen molar-refractivity contribution in [3.63, 3.8) is 0 Å². The van der Waals surface area contributed by atoms with Gasteiger partial charge in [-0.15, -0.1) is 0 Å². The fourth-order valence-electron chi connectivity index (χ4n) is 2.47. The monoisotopic (exact) mass is 260 g/mol. The van der Waals surface area contributed by atoms with Crippen molar-refractivity contribution in [2.75, 3.05) is 0 Å². The highest BCUT2D eigenvalue weighted by Gasteiger charge is 2.16. The van der Waals surface area contributed by atoms with Crippen molar-refractivity contribution in [2.45, 2.75) is 0 Å². The molecule has 0 saturated heterocycles. The number of nitrogens with one attached hydrogen (secondary N) is 1. The number of aromatic nitrogens is 4. The standard InChI is InChI=1S/C16H12N4/c1-2-6-12(7-3-1)16-15(13-10-17-18-11-13)14-8-4-5-9-20(14)19-16/h1-11H,(H,17,18). The second-order valence-electron chi connectivity index (χ2n) is 4.61. The Morgan fingerprint density at radius 2 is 1.75 bits per heavy atom. The molecule has 0 spiro atoms. The number of rotatable bonds is 2. The Balaban J connectivity index is 2.08. The van der Waals surface area contributed by atoms with Crippen molar-refractivity contribution >= 4 is 5.52 Å². The fourth-order valence-corrected chi connectivity index (χ4v) is 2.47. The molecule has 1 N–H and O–H groups in total. The van der Waals surface area contributed by atoms with Gasteiger partial charge in [-0.25, -0.2) is 4.52 Å². The summed E-state index contributed by atoms with van der Waals surface area (Å²) in [6, 6.07) is 16.3. The topological polar surface area (TPSA) is 46.0 Å². The molecule has 0 amide bonds. The van der Waals surface area contributed by atoms with Crippen molar-refractivity contribution in [2.24, 2.45) is 0 Å². The molecule has 20 heavy (non-hydrogen) atoms. The third-order valence-electron chi connectivity index (χ3n) is 3.37. The zero-order valence-corrected chi connectivity index (χ0v) is 10.7. The third kappa shape index (κ3) is 1.62. The minimum absolute atomic E-state index is 0.971. The van der Waals surface area contributed by atoms with Crippen molar-refractivity contribution in [3.8, 4) is 22.4 Å². The van der Waals surface area contributed by atoms with Crippen LogP contribution in [-0.4, -0.2) is 19.8 Å². The van der Waals surface area contributed by atoms with Gasteiger partial charge >= 0.3 is 0 Å². The molecule has 3 aromatic heterocycles. The Morgan fingerprint density at radius 3 is 2.55 bits per heavy atom. The second kappa shape index (κ2) is 4.35. The van der Waals surface area contributed by atoms with Crippen LogP contribution < -0.4 is 0 Å². The Kier molecular flexibility index (Phi) is 2.39. The lowest BCUT2D eigenvalue weighted by atomic mass is 10.0. The van der Waals surface area contributed by atoms with E-state index in [1.54, 1.807) is 0 Å². The third-order valence-corrected chi connectivity index (χ3v) is 3.37. The minimum Gasteiger partial charge on any atom is -0.285 e. The molecule has 0 aliphatic heterocycles. The van der Waals surface area contributed by atoms with Crippen molar-refractivity contribution in [3.05, 3.63) is 67.1 Å². The first kappa shape index (κ1) is 11.0. The van der Waals surface area contributed by atoms with Crippen molar-refractivity contribution < 1.29 is 0 Å². The first-order valence-electron chi connectivity index (χ1n) is 6.45. The van der Waals surface area contributed by atoms with Crippen LogP contribution in [0.5, 0.6) is 0 Å². The van der Waals surface area contributed by atoms with E-state index in [1.807, 2.05) is 53.4 Å². The highest BCUT2D eigenvalue weighted by Crippen LogP contribution is 2.34. The number of pyridine rings is 1. The van der Waals surface area contributed by atoms with Gasteiger partial charge in [-0.3, -0.25) is 5.10 Å². The molecule has 0 saturated carbocycles. The highest BCUT2D eigenvalue weighted by atomic mass is 15.2. The molecule has 4 aromatic rings. The molecular formula is C16H12N4. The van der Waals surface area contributed by atoms with Gasteiger partial charge in [0, 0.05) is 29.1 Å². The van der Waals surface area contributed by atoms with E-state index >= 15 is 0 Å². The summed E-state index contributed by atoms with van der Waals surface area (Å²) >= 11 is 0. The maximum absolute atomic E-state index is 4.71. The molecule has 0 atom stereocenters. The Bertz CT molecular complexity index is 845. The lowest BCUT2D eigenvalue weighted by Gasteiger charge is -2.00. The molecule has 96 valence electrons. The zero-order chi connectivity index (χ0) is 13.4. The maximum Gasteiger partial charge on any atom is 0.101 e. The summed E-state index contributed by atoms with van der Waals surface area (Å²) in [6.45, 7) is 0. The van der Waals surface area contributed by atoms with Gasteiger partial charge in [-0.2, -0.15) is 10.2 Å². The van der Waals surface area contributed by atoms with E-state index in [0.717, 1.165) is 27.9 Å². The van der Waals surface area contributed by atoms with Gasteiger partial charge in [0.15, 0.2) is 0 Å². The van der Waals surface area contributed by atoms with Gasteiger partial charge < -0.3 is 0 Å². The van der Waals surface area contributed by atoms with Crippen molar-refractivity contribution in [1.29, 1.82) is 0 Å². The predicted octanol–water partition coefficient (Wildman–Crippen LogP) is 3.39. The van der Waals surface area contributed by atoms with Gasteiger partial charge in [0.05, 0.1) is 11.7 Å². The lowest BCUT2D eigenvalue weighted by Crippen LogP contribution is -1.84. The predicted molar refractivity (Wildman–Crippen MR) is 78.2 cm³/mol. The van der Waals surface area contributed by atoms with E-state index in [4.69, 9.17) is 5.10 Å². The maximum atomic E-state index is 4.71. The molecule has 4 rings (SSSR count). The quantitative estimate of drug-likeness (QED) is 0.600. The zero-order valence-electron chi connectivity index (χ0n) is 10.7. The summed E-state index contributed by atoms with van der Waals surface area (Å²) in [4.78, 5) is 0. The van der Waals surface area contributed by atoms with Crippen LogP contribution >= 0.6 is 0 Å². The van der Waals surface area contributed by atoms with Gasteiger partial charge in [0.1, 0.15) is 5.69 Å². The molecule has 0 unspecified atom stereocenters. The molecule has 0 fully saturated rings.